The molecule has 6 heteroatoms. The fraction of sp³-hybridized carbons (Fsp3) is 0.0417. The van der Waals surface area contributed by atoms with Gasteiger partial charge in [-0.25, -0.2) is 9.97 Å². The molecule has 0 radical (unpaired) electrons. The van der Waals surface area contributed by atoms with Crippen molar-refractivity contribution in [2.45, 2.75) is 6.54 Å². The van der Waals surface area contributed by atoms with Crippen molar-refractivity contribution in [2.75, 3.05) is 5.32 Å². The zero-order valence-corrected chi connectivity index (χ0v) is 16.1. The molecule has 0 aliphatic rings. The number of carbonyl (C=O) groups is 1. The highest BCUT2D eigenvalue weighted by atomic mass is 16.1. The molecule has 0 aliphatic carbocycles. The van der Waals surface area contributed by atoms with Crippen molar-refractivity contribution in [1.29, 1.82) is 0 Å². The van der Waals surface area contributed by atoms with E-state index in [0.717, 1.165) is 34.7 Å². The number of nitrogens with zero attached hydrogens (tertiary/aromatic N) is 4. The largest absolute Gasteiger partial charge is 0.333 e. The van der Waals surface area contributed by atoms with Crippen LogP contribution in [-0.4, -0.2) is 24.8 Å². The van der Waals surface area contributed by atoms with Gasteiger partial charge in [0.25, 0.3) is 5.91 Å². The van der Waals surface area contributed by atoms with Crippen LogP contribution in [0.15, 0.2) is 97.8 Å². The normalized spacial score (nSPS) is 10.9. The molecule has 5 rings (SSSR count). The summed E-state index contributed by atoms with van der Waals surface area (Å²) < 4.78 is 3.95. The monoisotopic (exact) mass is 393 g/mol. The standard InChI is InChI=1S/C24H19N5O/c30-24(19-10-8-18(9-11-19)15-28-14-12-25-17-28)27-21-6-2-1-5-20(21)22-16-29-13-4-3-7-23(29)26-22/h1-14,16-17H,15H2,(H,27,30). The quantitative estimate of drug-likeness (QED) is 0.478. The Morgan fingerprint density at radius 3 is 2.57 bits per heavy atom. The fourth-order valence-corrected chi connectivity index (χ4v) is 3.43. The molecule has 0 bridgehead atoms. The van der Waals surface area contributed by atoms with Crippen LogP contribution in [-0.2, 0) is 6.54 Å². The number of amides is 1. The molecule has 0 saturated heterocycles. The highest BCUT2D eigenvalue weighted by Gasteiger charge is 2.12. The minimum atomic E-state index is -0.152. The van der Waals surface area contributed by atoms with E-state index < -0.39 is 0 Å². The number of hydrogen-bond acceptors (Lipinski definition) is 3. The first-order valence-corrected chi connectivity index (χ1v) is 9.65. The number of rotatable bonds is 5. The van der Waals surface area contributed by atoms with Crippen molar-refractivity contribution in [1.82, 2.24) is 18.9 Å². The SMILES string of the molecule is O=C(Nc1ccccc1-c1cn2ccccc2n1)c1ccc(Cn2ccnc2)cc1. The van der Waals surface area contributed by atoms with Crippen molar-refractivity contribution in [3.8, 4) is 11.3 Å². The number of hydrogen-bond donors (Lipinski definition) is 1. The summed E-state index contributed by atoms with van der Waals surface area (Å²) in [5.74, 6) is -0.152. The number of nitrogens with one attached hydrogen (secondary N) is 1. The van der Waals surface area contributed by atoms with E-state index in [-0.39, 0.29) is 5.91 Å². The van der Waals surface area contributed by atoms with Crippen LogP contribution >= 0.6 is 0 Å². The molecule has 0 unspecified atom stereocenters. The number of para-hydroxylation sites is 1. The Labute approximate surface area is 173 Å². The number of aromatic nitrogens is 4. The summed E-state index contributed by atoms with van der Waals surface area (Å²) in [5, 5.41) is 3.03. The Bertz CT molecular complexity index is 1270. The number of imidazole rings is 2. The lowest BCUT2D eigenvalue weighted by atomic mass is 10.1. The van der Waals surface area contributed by atoms with E-state index >= 15 is 0 Å². The van der Waals surface area contributed by atoms with Gasteiger partial charge in [0.15, 0.2) is 0 Å². The summed E-state index contributed by atoms with van der Waals surface area (Å²) in [6.45, 7) is 0.721. The van der Waals surface area contributed by atoms with Gasteiger partial charge in [0.1, 0.15) is 5.65 Å². The molecule has 6 nitrogen and oxygen atoms in total. The molecule has 2 aromatic carbocycles. The summed E-state index contributed by atoms with van der Waals surface area (Å²) >= 11 is 0. The van der Waals surface area contributed by atoms with E-state index in [1.807, 2.05) is 94.3 Å². The summed E-state index contributed by atoms with van der Waals surface area (Å²) in [6, 6.07) is 21.2. The zero-order chi connectivity index (χ0) is 20.3. The van der Waals surface area contributed by atoms with Gasteiger partial charge in [0.05, 0.1) is 17.7 Å². The van der Waals surface area contributed by atoms with Crippen LogP contribution in [0.25, 0.3) is 16.9 Å². The van der Waals surface area contributed by atoms with Crippen LogP contribution in [0.2, 0.25) is 0 Å². The van der Waals surface area contributed by atoms with E-state index in [1.165, 1.54) is 0 Å². The maximum atomic E-state index is 12.8. The summed E-state index contributed by atoms with van der Waals surface area (Å²) in [7, 11) is 0. The first-order valence-electron chi connectivity index (χ1n) is 9.65. The third-order valence-electron chi connectivity index (χ3n) is 4.96. The number of benzene rings is 2. The summed E-state index contributed by atoms with van der Waals surface area (Å²) in [5.41, 5.74) is 5.00. The van der Waals surface area contributed by atoms with Gasteiger partial charge in [0.2, 0.25) is 0 Å². The van der Waals surface area contributed by atoms with Gasteiger partial charge in [0, 0.05) is 42.5 Å². The number of anilines is 1. The van der Waals surface area contributed by atoms with Crippen LogP contribution in [0.4, 0.5) is 5.69 Å². The molecule has 0 spiro atoms. The second-order valence-electron chi connectivity index (χ2n) is 7.02. The lowest BCUT2D eigenvalue weighted by molar-refractivity contribution is 0.102. The van der Waals surface area contributed by atoms with E-state index in [9.17, 15) is 4.79 Å². The first-order chi connectivity index (χ1) is 14.8. The van der Waals surface area contributed by atoms with E-state index in [4.69, 9.17) is 0 Å². The van der Waals surface area contributed by atoms with E-state index in [2.05, 4.69) is 15.3 Å². The van der Waals surface area contributed by atoms with E-state index in [1.54, 1.807) is 12.5 Å². The molecule has 5 aromatic rings. The molecule has 30 heavy (non-hydrogen) atoms. The van der Waals surface area contributed by atoms with E-state index in [0.29, 0.717) is 5.56 Å². The number of carbonyl (C=O) groups excluding carboxylic acids is 1. The molecular weight excluding hydrogens is 374 g/mol. The molecule has 1 amide bonds. The molecule has 1 N–H and O–H groups in total. The lowest BCUT2D eigenvalue weighted by Crippen LogP contribution is -2.12. The molecule has 3 aromatic heterocycles. The molecule has 0 fully saturated rings. The van der Waals surface area contributed by atoms with Gasteiger partial charge >= 0.3 is 0 Å². The Kier molecular flexibility index (Phi) is 4.57. The van der Waals surface area contributed by atoms with Crippen molar-refractivity contribution in [3.63, 3.8) is 0 Å². The average molecular weight is 393 g/mol. The molecule has 0 aliphatic heterocycles. The third kappa shape index (κ3) is 3.58. The van der Waals surface area contributed by atoms with Crippen LogP contribution < -0.4 is 5.32 Å². The second-order valence-corrected chi connectivity index (χ2v) is 7.02. The molecule has 3 heterocycles. The minimum absolute atomic E-state index is 0.152. The maximum absolute atomic E-state index is 12.8. The molecular formula is C24H19N5O. The summed E-state index contributed by atoms with van der Waals surface area (Å²) in [6.07, 6.45) is 9.36. The summed E-state index contributed by atoms with van der Waals surface area (Å²) in [4.78, 5) is 21.6. The van der Waals surface area contributed by atoms with Crippen molar-refractivity contribution in [2.24, 2.45) is 0 Å². The van der Waals surface area contributed by atoms with Crippen LogP contribution in [0.5, 0.6) is 0 Å². The predicted molar refractivity (Wildman–Crippen MR) is 116 cm³/mol. The van der Waals surface area contributed by atoms with Gasteiger partial charge < -0.3 is 14.3 Å². The van der Waals surface area contributed by atoms with Gasteiger partial charge in [-0.1, -0.05) is 36.4 Å². The van der Waals surface area contributed by atoms with Gasteiger partial charge in [-0.2, -0.15) is 0 Å². The second kappa shape index (κ2) is 7.67. The molecule has 146 valence electrons. The van der Waals surface area contributed by atoms with Crippen LogP contribution in [0, 0.1) is 0 Å². The number of fused-ring (bicyclic) bond motifs is 1. The highest BCUT2D eigenvalue weighted by Crippen LogP contribution is 2.27. The topological polar surface area (TPSA) is 64.2 Å². The van der Waals surface area contributed by atoms with Crippen LogP contribution in [0.3, 0.4) is 0 Å². The predicted octanol–water partition coefficient (Wildman–Crippen LogP) is 4.50. The van der Waals surface area contributed by atoms with Crippen molar-refractivity contribution in [3.05, 3.63) is 109 Å². The molecule has 0 atom stereocenters. The Balaban J connectivity index is 1.37. The van der Waals surface area contributed by atoms with Gasteiger partial charge in [-0.05, 0) is 35.9 Å². The Morgan fingerprint density at radius 1 is 0.933 bits per heavy atom. The highest BCUT2D eigenvalue weighted by molar-refractivity contribution is 6.06. The van der Waals surface area contributed by atoms with Crippen molar-refractivity contribution < 1.29 is 4.79 Å². The number of pyridine rings is 1. The third-order valence-corrected chi connectivity index (χ3v) is 4.96. The Morgan fingerprint density at radius 2 is 1.77 bits per heavy atom. The van der Waals surface area contributed by atoms with Gasteiger partial charge in [-0.15, -0.1) is 0 Å². The fourth-order valence-electron chi connectivity index (χ4n) is 3.43. The zero-order valence-electron chi connectivity index (χ0n) is 16.1. The van der Waals surface area contributed by atoms with Crippen LogP contribution in [0.1, 0.15) is 15.9 Å². The first kappa shape index (κ1) is 17.9. The minimum Gasteiger partial charge on any atom is -0.333 e. The average Bonchev–Trinajstić information content (AvgIpc) is 3.44. The smallest absolute Gasteiger partial charge is 0.255 e. The van der Waals surface area contributed by atoms with Crippen molar-refractivity contribution >= 4 is 17.2 Å². The lowest BCUT2D eigenvalue weighted by Gasteiger charge is -2.10. The maximum Gasteiger partial charge on any atom is 0.255 e. The Hall–Kier alpha value is -4.19. The van der Waals surface area contributed by atoms with Gasteiger partial charge in [-0.3, -0.25) is 4.79 Å². The molecule has 0 saturated carbocycles.